The number of amides is 2. The Morgan fingerprint density at radius 1 is 1.11 bits per heavy atom. The Labute approximate surface area is 117 Å². The van der Waals surface area contributed by atoms with Crippen molar-refractivity contribution in [2.24, 2.45) is 5.92 Å². The molecule has 2 N–H and O–H groups in total. The SMILES string of the molecule is CCCNC(=O)CCNC(=O)C(CC(C)C)N(C)C. The molecule has 0 rings (SSSR count). The zero-order chi connectivity index (χ0) is 14.8. The van der Waals surface area contributed by atoms with Crippen molar-refractivity contribution in [3.8, 4) is 0 Å². The molecule has 0 fully saturated rings. The van der Waals surface area contributed by atoms with Crippen molar-refractivity contribution in [3.05, 3.63) is 0 Å². The van der Waals surface area contributed by atoms with Gasteiger partial charge >= 0.3 is 0 Å². The van der Waals surface area contributed by atoms with Crippen molar-refractivity contribution in [2.75, 3.05) is 27.2 Å². The van der Waals surface area contributed by atoms with Crippen LogP contribution in [0.3, 0.4) is 0 Å². The number of carbonyl (C=O) groups excluding carboxylic acids is 2. The number of nitrogens with zero attached hydrogens (tertiary/aromatic N) is 1. The van der Waals surface area contributed by atoms with Crippen LogP contribution < -0.4 is 10.6 Å². The number of carbonyl (C=O) groups is 2. The Bertz CT molecular complexity index is 278. The van der Waals surface area contributed by atoms with Gasteiger partial charge in [0.2, 0.25) is 11.8 Å². The summed E-state index contributed by atoms with van der Waals surface area (Å²) in [5, 5.41) is 5.62. The van der Waals surface area contributed by atoms with Gasteiger partial charge in [-0.1, -0.05) is 20.8 Å². The molecule has 0 bridgehead atoms. The van der Waals surface area contributed by atoms with Crippen molar-refractivity contribution in [1.29, 1.82) is 0 Å². The first-order chi connectivity index (χ1) is 8.88. The predicted molar refractivity (Wildman–Crippen MR) is 77.9 cm³/mol. The lowest BCUT2D eigenvalue weighted by atomic mass is 10.0. The van der Waals surface area contributed by atoms with Gasteiger partial charge < -0.3 is 10.6 Å². The number of hydrogen-bond acceptors (Lipinski definition) is 3. The molecular weight excluding hydrogens is 242 g/mol. The van der Waals surface area contributed by atoms with E-state index in [0.717, 1.165) is 12.8 Å². The quantitative estimate of drug-likeness (QED) is 0.657. The van der Waals surface area contributed by atoms with E-state index in [0.29, 0.717) is 25.4 Å². The first kappa shape index (κ1) is 17.9. The molecule has 0 aliphatic heterocycles. The van der Waals surface area contributed by atoms with E-state index in [9.17, 15) is 9.59 Å². The molecule has 0 aliphatic rings. The summed E-state index contributed by atoms with van der Waals surface area (Å²) >= 11 is 0. The maximum Gasteiger partial charge on any atom is 0.237 e. The van der Waals surface area contributed by atoms with E-state index in [1.807, 2.05) is 25.9 Å². The molecule has 2 amide bonds. The fourth-order valence-electron chi connectivity index (χ4n) is 1.77. The van der Waals surface area contributed by atoms with Gasteiger partial charge in [0.05, 0.1) is 6.04 Å². The molecule has 1 unspecified atom stereocenters. The molecule has 0 spiro atoms. The second kappa shape index (κ2) is 9.78. The highest BCUT2D eigenvalue weighted by atomic mass is 16.2. The van der Waals surface area contributed by atoms with Crippen LogP contribution in [0.25, 0.3) is 0 Å². The Morgan fingerprint density at radius 2 is 1.74 bits per heavy atom. The molecule has 1 atom stereocenters. The number of nitrogens with one attached hydrogen (secondary N) is 2. The zero-order valence-electron chi connectivity index (χ0n) is 13.0. The van der Waals surface area contributed by atoms with E-state index >= 15 is 0 Å². The van der Waals surface area contributed by atoms with Crippen LogP contribution in [-0.4, -0.2) is 49.9 Å². The minimum absolute atomic E-state index is 0.00184. The Morgan fingerprint density at radius 3 is 2.21 bits per heavy atom. The van der Waals surface area contributed by atoms with Crippen LogP contribution in [0.2, 0.25) is 0 Å². The van der Waals surface area contributed by atoms with Crippen molar-refractivity contribution in [3.63, 3.8) is 0 Å². The lowest BCUT2D eigenvalue weighted by Crippen LogP contribution is -2.45. The summed E-state index contributed by atoms with van der Waals surface area (Å²) in [4.78, 5) is 25.3. The molecule has 112 valence electrons. The Kier molecular flexibility index (Phi) is 9.21. The minimum atomic E-state index is -0.126. The van der Waals surface area contributed by atoms with Gasteiger partial charge in [-0.25, -0.2) is 0 Å². The highest BCUT2D eigenvalue weighted by Crippen LogP contribution is 2.09. The number of likely N-dealkylation sites (N-methyl/N-ethyl adjacent to an activating group) is 1. The van der Waals surface area contributed by atoms with E-state index in [-0.39, 0.29) is 17.9 Å². The largest absolute Gasteiger partial charge is 0.356 e. The van der Waals surface area contributed by atoms with Crippen LogP contribution in [0.4, 0.5) is 0 Å². The van der Waals surface area contributed by atoms with Gasteiger partial charge in [-0.15, -0.1) is 0 Å². The predicted octanol–water partition coefficient (Wildman–Crippen LogP) is 0.995. The smallest absolute Gasteiger partial charge is 0.237 e. The molecule has 0 radical (unpaired) electrons. The summed E-state index contributed by atoms with van der Waals surface area (Å²) in [6, 6.07) is -0.126. The van der Waals surface area contributed by atoms with Gasteiger partial charge in [-0.2, -0.15) is 0 Å². The van der Waals surface area contributed by atoms with E-state index < -0.39 is 0 Å². The van der Waals surface area contributed by atoms with E-state index in [1.54, 1.807) is 0 Å². The lowest BCUT2D eigenvalue weighted by Gasteiger charge is -2.24. The van der Waals surface area contributed by atoms with E-state index in [1.165, 1.54) is 0 Å². The van der Waals surface area contributed by atoms with E-state index in [2.05, 4.69) is 24.5 Å². The molecule has 0 aromatic carbocycles. The molecule has 19 heavy (non-hydrogen) atoms. The molecule has 0 saturated heterocycles. The maximum atomic E-state index is 12.0. The minimum Gasteiger partial charge on any atom is -0.356 e. The van der Waals surface area contributed by atoms with Gasteiger partial charge in [0.25, 0.3) is 0 Å². The number of rotatable bonds is 9. The van der Waals surface area contributed by atoms with Crippen molar-refractivity contribution in [1.82, 2.24) is 15.5 Å². The average molecular weight is 271 g/mol. The summed E-state index contributed by atoms with van der Waals surface area (Å²) in [6.07, 6.45) is 2.09. The normalized spacial score (nSPS) is 12.6. The maximum absolute atomic E-state index is 12.0. The molecule has 5 heteroatoms. The van der Waals surface area contributed by atoms with Crippen LogP contribution in [-0.2, 0) is 9.59 Å². The van der Waals surface area contributed by atoms with Crippen molar-refractivity contribution in [2.45, 2.75) is 46.1 Å². The highest BCUT2D eigenvalue weighted by Gasteiger charge is 2.21. The topological polar surface area (TPSA) is 61.4 Å². The molecule has 0 aromatic heterocycles. The number of hydrogen-bond donors (Lipinski definition) is 2. The molecule has 0 heterocycles. The molecule has 5 nitrogen and oxygen atoms in total. The van der Waals surface area contributed by atoms with Crippen LogP contribution in [0.5, 0.6) is 0 Å². The fraction of sp³-hybridized carbons (Fsp3) is 0.857. The Hall–Kier alpha value is -1.10. The summed E-state index contributed by atoms with van der Waals surface area (Å²) in [5.74, 6) is 0.459. The van der Waals surface area contributed by atoms with Crippen LogP contribution in [0.1, 0.15) is 40.0 Å². The summed E-state index contributed by atoms with van der Waals surface area (Å²) in [7, 11) is 3.81. The van der Waals surface area contributed by atoms with E-state index in [4.69, 9.17) is 0 Å². The summed E-state index contributed by atoms with van der Waals surface area (Å²) in [6.45, 7) is 7.30. The highest BCUT2D eigenvalue weighted by molar-refractivity contribution is 5.82. The summed E-state index contributed by atoms with van der Waals surface area (Å²) < 4.78 is 0. The van der Waals surface area contributed by atoms with Crippen molar-refractivity contribution < 1.29 is 9.59 Å². The first-order valence-electron chi connectivity index (χ1n) is 7.09. The molecule has 0 aromatic rings. The second-order valence-corrected chi connectivity index (χ2v) is 5.50. The zero-order valence-corrected chi connectivity index (χ0v) is 13.0. The van der Waals surface area contributed by atoms with Gasteiger partial charge in [0.15, 0.2) is 0 Å². The van der Waals surface area contributed by atoms with Gasteiger partial charge in [0, 0.05) is 19.5 Å². The molecule has 0 aliphatic carbocycles. The standard InChI is InChI=1S/C14H29N3O2/c1-6-8-15-13(18)7-9-16-14(19)12(17(4)5)10-11(2)3/h11-12H,6-10H2,1-5H3,(H,15,18)(H,16,19). The van der Waals surface area contributed by atoms with Crippen LogP contribution in [0.15, 0.2) is 0 Å². The van der Waals surface area contributed by atoms with Crippen LogP contribution in [0, 0.1) is 5.92 Å². The summed E-state index contributed by atoms with van der Waals surface area (Å²) in [5.41, 5.74) is 0. The molecule has 0 saturated carbocycles. The van der Waals surface area contributed by atoms with Gasteiger partial charge in [-0.05, 0) is 32.9 Å². The van der Waals surface area contributed by atoms with Gasteiger partial charge in [0.1, 0.15) is 0 Å². The lowest BCUT2D eigenvalue weighted by molar-refractivity contribution is -0.126. The Balaban J connectivity index is 4.02. The fourth-order valence-corrected chi connectivity index (χ4v) is 1.77. The third-order valence-corrected chi connectivity index (χ3v) is 2.84. The second-order valence-electron chi connectivity index (χ2n) is 5.50. The third-order valence-electron chi connectivity index (χ3n) is 2.84. The molecular formula is C14H29N3O2. The van der Waals surface area contributed by atoms with Gasteiger partial charge in [-0.3, -0.25) is 14.5 Å². The monoisotopic (exact) mass is 271 g/mol. The van der Waals surface area contributed by atoms with Crippen LogP contribution >= 0.6 is 0 Å². The first-order valence-corrected chi connectivity index (χ1v) is 7.09. The third kappa shape index (κ3) is 8.59. The average Bonchev–Trinajstić information content (AvgIpc) is 2.32. The van der Waals surface area contributed by atoms with Crippen molar-refractivity contribution >= 4 is 11.8 Å².